The smallest absolute Gasteiger partial charge is 0.315 e. The second kappa shape index (κ2) is 11.9. The van der Waals surface area contributed by atoms with E-state index in [4.69, 9.17) is 9.47 Å². The van der Waals surface area contributed by atoms with E-state index in [0.29, 0.717) is 41.7 Å². The van der Waals surface area contributed by atoms with Gasteiger partial charge in [-0.25, -0.2) is 4.98 Å². The molecule has 0 aliphatic carbocycles. The topological polar surface area (TPSA) is 109 Å². The fourth-order valence-corrected chi connectivity index (χ4v) is 3.78. The van der Waals surface area contributed by atoms with Gasteiger partial charge in [0.25, 0.3) is 5.56 Å². The molecule has 0 saturated carbocycles. The molecule has 0 radical (unpaired) electrons. The Bertz CT molecular complexity index is 1310. The third-order valence-corrected chi connectivity index (χ3v) is 5.89. The number of fused-ring (bicyclic) bond motifs is 1. The maximum atomic E-state index is 13.3. The van der Waals surface area contributed by atoms with E-state index in [1.54, 1.807) is 25.1 Å². The molecule has 3 aromatic rings. The van der Waals surface area contributed by atoms with Gasteiger partial charge in [0, 0.05) is 22.5 Å². The first-order chi connectivity index (χ1) is 16.8. The van der Waals surface area contributed by atoms with Crippen molar-refractivity contribution in [3.63, 3.8) is 0 Å². The predicted octanol–water partition coefficient (Wildman–Crippen LogP) is 5.87. The van der Waals surface area contributed by atoms with Crippen molar-refractivity contribution in [3.05, 3.63) is 66.7 Å². The number of ether oxygens (including phenoxy) is 2. The molecular formula is C25H29BrN4O5. The van der Waals surface area contributed by atoms with Crippen molar-refractivity contribution in [2.45, 2.75) is 59.5 Å². The Morgan fingerprint density at radius 2 is 2.03 bits per heavy atom. The first kappa shape index (κ1) is 26.3. The summed E-state index contributed by atoms with van der Waals surface area (Å²) in [5.74, 6) is 0.864. The molecule has 9 nitrogen and oxygen atoms in total. The number of unbranched alkanes of at least 4 members (excludes halogenated alkanes) is 1. The van der Waals surface area contributed by atoms with E-state index in [1.807, 2.05) is 19.9 Å². The van der Waals surface area contributed by atoms with Crippen LogP contribution in [0.15, 0.2) is 44.7 Å². The van der Waals surface area contributed by atoms with E-state index in [-0.39, 0.29) is 28.8 Å². The summed E-state index contributed by atoms with van der Waals surface area (Å²) in [7, 11) is 0. The van der Waals surface area contributed by atoms with Gasteiger partial charge in [0.2, 0.25) is 5.75 Å². The molecule has 0 bridgehead atoms. The first-order valence-corrected chi connectivity index (χ1v) is 12.5. The lowest BCUT2D eigenvalue weighted by molar-refractivity contribution is -0.386. The number of hydrogen-bond acceptors (Lipinski definition) is 7. The van der Waals surface area contributed by atoms with Gasteiger partial charge in [-0.15, -0.1) is 0 Å². The Labute approximate surface area is 212 Å². The number of aromatic nitrogens is 2. The van der Waals surface area contributed by atoms with Gasteiger partial charge in [0.1, 0.15) is 5.82 Å². The number of aryl methyl sites for hydroxylation is 1. The second-order valence-corrected chi connectivity index (χ2v) is 8.96. The van der Waals surface area contributed by atoms with Crippen molar-refractivity contribution in [3.8, 4) is 11.5 Å². The van der Waals surface area contributed by atoms with Crippen LogP contribution in [0.3, 0.4) is 0 Å². The summed E-state index contributed by atoms with van der Waals surface area (Å²) < 4.78 is 13.5. The number of halogens is 1. The maximum absolute atomic E-state index is 13.3. The van der Waals surface area contributed by atoms with Crippen LogP contribution in [0.1, 0.15) is 58.3 Å². The lowest BCUT2D eigenvalue weighted by atomic mass is 10.1. The molecule has 0 N–H and O–H groups in total. The van der Waals surface area contributed by atoms with E-state index in [1.165, 1.54) is 17.0 Å². The molecule has 10 heteroatoms. The molecule has 3 rings (SSSR count). The average Bonchev–Trinajstić information content (AvgIpc) is 2.83. The maximum Gasteiger partial charge on any atom is 0.315 e. The Morgan fingerprint density at radius 3 is 2.69 bits per heavy atom. The van der Waals surface area contributed by atoms with E-state index in [2.05, 4.69) is 32.9 Å². The molecular weight excluding hydrogens is 516 g/mol. The summed E-state index contributed by atoms with van der Waals surface area (Å²) in [6.07, 6.45) is 4.20. The summed E-state index contributed by atoms with van der Waals surface area (Å²) >= 11 is 3.40. The average molecular weight is 545 g/mol. The van der Waals surface area contributed by atoms with Gasteiger partial charge in [-0.3, -0.25) is 14.9 Å². The van der Waals surface area contributed by atoms with Gasteiger partial charge in [0.15, 0.2) is 5.75 Å². The minimum Gasteiger partial charge on any atom is -0.490 e. The van der Waals surface area contributed by atoms with Crippen LogP contribution in [0.4, 0.5) is 5.69 Å². The summed E-state index contributed by atoms with van der Waals surface area (Å²) in [5, 5.41) is 16.7. The Hall–Kier alpha value is -3.27. The molecule has 2 aromatic carbocycles. The largest absolute Gasteiger partial charge is 0.490 e. The van der Waals surface area contributed by atoms with Gasteiger partial charge >= 0.3 is 5.69 Å². The van der Waals surface area contributed by atoms with E-state index in [0.717, 1.165) is 17.3 Å². The number of nitro benzene ring substituents is 1. The van der Waals surface area contributed by atoms with Crippen molar-refractivity contribution in [1.82, 2.24) is 9.66 Å². The van der Waals surface area contributed by atoms with Gasteiger partial charge < -0.3 is 9.47 Å². The van der Waals surface area contributed by atoms with E-state index < -0.39 is 4.92 Å². The van der Waals surface area contributed by atoms with Gasteiger partial charge in [-0.2, -0.15) is 9.78 Å². The van der Waals surface area contributed by atoms with Crippen molar-refractivity contribution >= 4 is 38.7 Å². The zero-order valence-corrected chi connectivity index (χ0v) is 21.9. The number of rotatable bonds is 11. The van der Waals surface area contributed by atoms with Crippen LogP contribution in [0, 0.1) is 10.1 Å². The SMILES string of the molecule is CCCCc1nc2ccc(Br)cc2c(=O)n1N=Cc1cc(OCC)c(O[C@@H](C)CC)c([N+](=O)[O-])c1. The summed E-state index contributed by atoms with van der Waals surface area (Å²) in [4.78, 5) is 29.3. The van der Waals surface area contributed by atoms with Gasteiger partial charge in [-0.1, -0.05) is 36.2 Å². The van der Waals surface area contributed by atoms with Crippen molar-refractivity contribution in [1.29, 1.82) is 0 Å². The molecule has 35 heavy (non-hydrogen) atoms. The molecule has 0 aliphatic heterocycles. The highest BCUT2D eigenvalue weighted by Gasteiger charge is 2.24. The van der Waals surface area contributed by atoms with Gasteiger partial charge in [-0.05, 0) is 51.0 Å². The molecule has 1 atom stereocenters. The van der Waals surface area contributed by atoms with Crippen molar-refractivity contribution < 1.29 is 14.4 Å². The number of nitro groups is 1. The number of nitrogens with zero attached hydrogens (tertiary/aromatic N) is 4. The summed E-state index contributed by atoms with van der Waals surface area (Å²) in [5.41, 5.74) is 0.461. The molecule has 1 heterocycles. The van der Waals surface area contributed by atoms with Crippen LogP contribution >= 0.6 is 15.9 Å². The second-order valence-electron chi connectivity index (χ2n) is 8.05. The Balaban J connectivity index is 2.14. The molecule has 186 valence electrons. The minimum atomic E-state index is -0.508. The van der Waals surface area contributed by atoms with Crippen LogP contribution < -0.4 is 15.0 Å². The lowest BCUT2D eigenvalue weighted by Crippen LogP contribution is -2.22. The molecule has 1 aromatic heterocycles. The number of benzene rings is 2. The summed E-state index contributed by atoms with van der Waals surface area (Å²) in [6, 6.07) is 8.33. The highest BCUT2D eigenvalue weighted by Crippen LogP contribution is 2.39. The van der Waals surface area contributed by atoms with E-state index >= 15 is 0 Å². The minimum absolute atomic E-state index is 0.0846. The highest BCUT2D eigenvalue weighted by molar-refractivity contribution is 9.10. The van der Waals surface area contributed by atoms with Crippen LogP contribution in [-0.4, -0.2) is 33.5 Å². The standard InChI is InChI=1S/C25H29BrN4O5/c1-5-8-9-23-28-20-11-10-18(26)14-19(20)25(31)29(23)27-15-17-12-21(30(32)33)24(35-16(4)6-2)22(13-17)34-7-3/h10-16H,5-9H2,1-4H3/t16-/m0/s1. The summed E-state index contributed by atoms with van der Waals surface area (Å²) in [6.45, 7) is 7.92. The fourth-order valence-electron chi connectivity index (χ4n) is 3.42. The lowest BCUT2D eigenvalue weighted by Gasteiger charge is -2.16. The molecule has 0 saturated heterocycles. The van der Waals surface area contributed by atoms with E-state index in [9.17, 15) is 14.9 Å². The van der Waals surface area contributed by atoms with Crippen molar-refractivity contribution in [2.24, 2.45) is 5.10 Å². The van der Waals surface area contributed by atoms with Crippen molar-refractivity contribution in [2.75, 3.05) is 6.61 Å². The normalized spacial score (nSPS) is 12.3. The predicted molar refractivity (Wildman–Crippen MR) is 140 cm³/mol. The van der Waals surface area contributed by atoms with Crippen LogP contribution in [0.25, 0.3) is 10.9 Å². The highest BCUT2D eigenvalue weighted by atomic mass is 79.9. The molecule has 0 aliphatic rings. The Kier molecular flexibility index (Phi) is 8.97. The van der Waals surface area contributed by atoms with Crippen LogP contribution in [0.5, 0.6) is 11.5 Å². The zero-order valence-electron chi connectivity index (χ0n) is 20.3. The molecule has 0 unspecified atom stereocenters. The number of hydrogen-bond donors (Lipinski definition) is 0. The zero-order chi connectivity index (χ0) is 25.5. The van der Waals surface area contributed by atoms with Crippen LogP contribution in [0.2, 0.25) is 0 Å². The fraction of sp³-hybridized carbons (Fsp3) is 0.400. The molecule has 0 amide bonds. The van der Waals surface area contributed by atoms with Crippen LogP contribution in [-0.2, 0) is 6.42 Å². The quantitative estimate of drug-likeness (QED) is 0.169. The Morgan fingerprint density at radius 1 is 1.26 bits per heavy atom. The molecule has 0 fully saturated rings. The first-order valence-electron chi connectivity index (χ1n) is 11.7. The third-order valence-electron chi connectivity index (χ3n) is 5.40. The molecule has 0 spiro atoms. The monoisotopic (exact) mass is 544 g/mol. The van der Waals surface area contributed by atoms with Gasteiger partial charge in [0.05, 0.1) is 34.8 Å². The third kappa shape index (κ3) is 6.25.